The van der Waals surface area contributed by atoms with E-state index in [0.29, 0.717) is 0 Å². The van der Waals surface area contributed by atoms with Crippen LogP contribution in [0, 0.1) is 5.92 Å². The van der Waals surface area contributed by atoms with E-state index >= 15 is 0 Å². The van der Waals surface area contributed by atoms with Gasteiger partial charge in [0.1, 0.15) is 6.10 Å². The highest BCUT2D eigenvalue weighted by atomic mass is 19.3. The summed E-state index contributed by atoms with van der Waals surface area (Å²) in [4.78, 5) is 0. The van der Waals surface area contributed by atoms with Gasteiger partial charge in [0.2, 0.25) is 0 Å². The number of alkyl halides is 2. The molecule has 0 saturated heterocycles. The van der Waals surface area contributed by atoms with Crippen LogP contribution in [-0.2, 0) is 0 Å². The Bertz CT molecular complexity index is 316. The van der Waals surface area contributed by atoms with Crippen molar-refractivity contribution in [1.29, 1.82) is 0 Å². The molecule has 0 aliphatic carbocycles. The third-order valence-corrected chi connectivity index (χ3v) is 2.66. The lowest BCUT2D eigenvalue weighted by Gasteiger charge is -2.24. The molecule has 2 nitrogen and oxygen atoms in total. The second-order valence-corrected chi connectivity index (χ2v) is 4.44. The van der Waals surface area contributed by atoms with Gasteiger partial charge in [-0.3, -0.25) is 0 Å². The van der Waals surface area contributed by atoms with Gasteiger partial charge in [0.05, 0.1) is 0 Å². The van der Waals surface area contributed by atoms with Crippen LogP contribution < -0.4 is 5.32 Å². The molecule has 0 aliphatic rings. The van der Waals surface area contributed by atoms with Crippen molar-refractivity contribution in [3.63, 3.8) is 0 Å². The standard InChI is InChI=1S/C13H19F2NO/c1-9(2)12(10-6-4-3-5-7-10)16-8-11(17)13(14)15/h3-7,9,11-13,16-17H,8H2,1-2H3. The predicted molar refractivity (Wildman–Crippen MR) is 64.0 cm³/mol. The molecule has 1 aromatic carbocycles. The van der Waals surface area contributed by atoms with Crippen molar-refractivity contribution in [3.05, 3.63) is 35.9 Å². The van der Waals surface area contributed by atoms with Crippen molar-refractivity contribution in [3.8, 4) is 0 Å². The van der Waals surface area contributed by atoms with Gasteiger partial charge in [-0.25, -0.2) is 8.78 Å². The molecular formula is C13H19F2NO. The van der Waals surface area contributed by atoms with Crippen LogP contribution in [0.4, 0.5) is 8.78 Å². The van der Waals surface area contributed by atoms with E-state index in [2.05, 4.69) is 5.32 Å². The van der Waals surface area contributed by atoms with Crippen LogP contribution in [0.25, 0.3) is 0 Å². The zero-order chi connectivity index (χ0) is 12.8. The van der Waals surface area contributed by atoms with Gasteiger partial charge in [-0.15, -0.1) is 0 Å². The van der Waals surface area contributed by atoms with Crippen molar-refractivity contribution in [2.45, 2.75) is 32.4 Å². The average molecular weight is 243 g/mol. The molecule has 2 unspecified atom stereocenters. The fourth-order valence-electron chi connectivity index (χ4n) is 1.74. The number of hydrogen-bond donors (Lipinski definition) is 2. The molecule has 0 fully saturated rings. The Morgan fingerprint density at radius 2 is 1.76 bits per heavy atom. The average Bonchev–Trinajstić information content (AvgIpc) is 2.29. The summed E-state index contributed by atoms with van der Waals surface area (Å²) in [5, 5.41) is 12.1. The van der Waals surface area contributed by atoms with Gasteiger partial charge >= 0.3 is 0 Å². The van der Waals surface area contributed by atoms with Gasteiger partial charge in [-0.1, -0.05) is 44.2 Å². The highest BCUT2D eigenvalue weighted by Crippen LogP contribution is 2.21. The molecule has 96 valence electrons. The lowest BCUT2D eigenvalue weighted by Crippen LogP contribution is -2.36. The third-order valence-electron chi connectivity index (χ3n) is 2.66. The summed E-state index contributed by atoms with van der Waals surface area (Å²) in [5.74, 6) is 0.266. The molecule has 2 N–H and O–H groups in total. The van der Waals surface area contributed by atoms with Crippen molar-refractivity contribution >= 4 is 0 Å². The topological polar surface area (TPSA) is 32.3 Å². The molecule has 0 spiro atoms. The lowest BCUT2D eigenvalue weighted by molar-refractivity contribution is -0.00539. The molecule has 0 saturated carbocycles. The molecular weight excluding hydrogens is 224 g/mol. The number of nitrogens with one attached hydrogen (secondary N) is 1. The van der Waals surface area contributed by atoms with Crippen molar-refractivity contribution < 1.29 is 13.9 Å². The number of rotatable bonds is 6. The van der Waals surface area contributed by atoms with E-state index in [-0.39, 0.29) is 18.5 Å². The minimum absolute atomic E-state index is 0.0235. The molecule has 17 heavy (non-hydrogen) atoms. The summed E-state index contributed by atoms with van der Waals surface area (Å²) >= 11 is 0. The Hall–Kier alpha value is -1.00. The van der Waals surface area contributed by atoms with Gasteiger partial charge in [0.25, 0.3) is 6.43 Å². The second-order valence-electron chi connectivity index (χ2n) is 4.44. The normalized spacial score (nSPS) is 15.2. The van der Waals surface area contributed by atoms with Gasteiger partial charge in [0, 0.05) is 12.6 Å². The summed E-state index contributed by atoms with van der Waals surface area (Å²) in [7, 11) is 0. The fraction of sp³-hybridized carbons (Fsp3) is 0.538. The third kappa shape index (κ3) is 4.40. The van der Waals surface area contributed by atoms with Gasteiger partial charge in [-0.2, -0.15) is 0 Å². The predicted octanol–water partition coefficient (Wildman–Crippen LogP) is 2.60. The smallest absolute Gasteiger partial charge is 0.265 e. The Morgan fingerprint density at radius 1 is 1.18 bits per heavy atom. The largest absolute Gasteiger partial charge is 0.386 e. The van der Waals surface area contributed by atoms with Crippen LogP contribution in [0.3, 0.4) is 0 Å². The molecule has 0 aliphatic heterocycles. The minimum atomic E-state index is -2.70. The van der Waals surface area contributed by atoms with Crippen LogP contribution in [-0.4, -0.2) is 24.2 Å². The quantitative estimate of drug-likeness (QED) is 0.805. The molecule has 0 radical (unpaired) electrons. The van der Waals surface area contributed by atoms with E-state index in [1.165, 1.54) is 0 Å². The number of aliphatic hydroxyl groups excluding tert-OH is 1. The first-order valence-corrected chi connectivity index (χ1v) is 5.77. The van der Waals surface area contributed by atoms with Gasteiger partial charge in [-0.05, 0) is 11.5 Å². The molecule has 1 aromatic rings. The zero-order valence-corrected chi connectivity index (χ0v) is 10.1. The SMILES string of the molecule is CC(C)C(NCC(O)C(F)F)c1ccccc1. The van der Waals surface area contributed by atoms with Gasteiger partial charge in [0.15, 0.2) is 0 Å². The van der Waals surface area contributed by atoms with E-state index in [4.69, 9.17) is 5.11 Å². The fourth-order valence-corrected chi connectivity index (χ4v) is 1.74. The van der Waals surface area contributed by atoms with Crippen LogP contribution in [0.15, 0.2) is 30.3 Å². The second kappa shape index (κ2) is 6.67. The summed E-state index contributed by atoms with van der Waals surface area (Å²) < 4.78 is 24.4. The van der Waals surface area contributed by atoms with E-state index in [1.54, 1.807) is 0 Å². The van der Waals surface area contributed by atoms with Crippen molar-refractivity contribution in [2.24, 2.45) is 5.92 Å². The van der Waals surface area contributed by atoms with Crippen molar-refractivity contribution in [1.82, 2.24) is 5.32 Å². The van der Waals surface area contributed by atoms with E-state index in [1.807, 2.05) is 44.2 Å². The Labute approximate surface area is 101 Å². The Balaban J connectivity index is 2.62. The zero-order valence-electron chi connectivity index (χ0n) is 10.1. The highest BCUT2D eigenvalue weighted by Gasteiger charge is 2.20. The minimum Gasteiger partial charge on any atom is -0.386 e. The summed E-state index contributed by atoms with van der Waals surface area (Å²) in [6, 6.07) is 9.61. The molecule has 0 bridgehead atoms. The summed E-state index contributed by atoms with van der Waals surface area (Å²) in [5.41, 5.74) is 1.05. The van der Waals surface area contributed by atoms with Crippen molar-refractivity contribution in [2.75, 3.05) is 6.54 Å². The summed E-state index contributed by atoms with van der Waals surface area (Å²) in [6.07, 6.45) is -4.31. The molecule has 4 heteroatoms. The maximum Gasteiger partial charge on any atom is 0.265 e. The van der Waals surface area contributed by atoms with Gasteiger partial charge < -0.3 is 10.4 Å². The molecule has 0 heterocycles. The van der Waals surface area contributed by atoms with Crippen LogP contribution in [0.1, 0.15) is 25.5 Å². The Kier molecular flexibility index (Phi) is 5.51. The summed E-state index contributed by atoms with van der Waals surface area (Å²) in [6.45, 7) is 3.92. The van der Waals surface area contributed by atoms with Crippen LogP contribution in [0.2, 0.25) is 0 Å². The monoisotopic (exact) mass is 243 g/mol. The first-order valence-electron chi connectivity index (χ1n) is 5.77. The van der Waals surface area contributed by atoms with Crippen LogP contribution in [0.5, 0.6) is 0 Å². The molecule has 2 atom stereocenters. The number of halogens is 2. The first-order chi connectivity index (χ1) is 8.02. The first kappa shape index (κ1) is 14.1. The Morgan fingerprint density at radius 3 is 2.24 bits per heavy atom. The molecule has 0 aromatic heterocycles. The van der Waals surface area contributed by atoms with E-state index in [0.717, 1.165) is 5.56 Å². The van der Waals surface area contributed by atoms with E-state index in [9.17, 15) is 8.78 Å². The lowest BCUT2D eigenvalue weighted by atomic mass is 9.96. The molecule has 1 rings (SSSR count). The number of benzene rings is 1. The number of aliphatic hydroxyl groups is 1. The van der Waals surface area contributed by atoms with Crippen LogP contribution >= 0.6 is 0 Å². The molecule has 0 amide bonds. The van der Waals surface area contributed by atoms with E-state index < -0.39 is 12.5 Å². The highest BCUT2D eigenvalue weighted by molar-refractivity contribution is 5.19. The maximum absolute atomic E-state index is 12.2. The maximum atomic E-state index is 12.2. The number of hydrogen-bond acceptors (Lipinski definition) is 2.